The molecule has 0 spiro atoms. The molecule has 0 saturated carbocycles. The number of rotatable bonds is 1. The number of aromatic nitrogens is 2. The molecule has 100 valence electrons. The molecule has 1 aromatic heterocycles. The molecule has 0 aliphatic carbocycles. The van der Waals surface area contributed by atoms with E-state index in [1.165, 1.54) is 0 Å². The molecule has 5 N–H and O–H groups in total. The van der Waals surface area contributed by atoms with Gasteiger partial charge in [0.2, 0.25) is 0 Å². The smallest absolute Gasteiger partial charge is 0.352 e. The summed E-state index contributed by atoms with van der Waals surface area (Å²) in [6.45, 7) is -0.695. The molecule has 0 amide bonds. The Kier molecular flexibility index (Phi) is 3.07. The minimum absolute atomic E-state index is 0.205. The topological polar surface area (TPSA) is 131 Å². The molecule has 1 aromatic rings. The van der Waals surface area contributed by atoms with Gasteiger partial charge in [0.25, 0.3) is 0 Å². The highest BCUT2D eigenvalue weighted by molar-refractivity contribution is 5.26. The number of ether oxygens (including phenoxy) is 1. The Morgan fingerprint density at radius 1 is 1.61 bits per heavy atom. The zero-order valence-corrected chi connectivity index (χ0v) is 9.15. The van der Waals surface area contributed by atoms with Crippen molar-refractivity contribution in [3.05, 3.63) is 22.5 Å². The van der Waals surface area contributed by atoms with Gasteiger partial charge in [0.15, 0.2) is 17.4 Å². The van der Waals surface area contributed by atoms with E-state index in [2.05, 4.69) is 4.98 Å². The van der Waals surface area contributed by atoms with Gasteiger partial charge in [0, 0.05) is 0 Å². The molecule has 8 nitrogen and oxygen atoms in total. The molecule has 1 aliphatic rings. The van der Waals surface area contributed by atoms with Crippen LogP contribution < -0.4 is 11.4 Å². The number of aliphatic hydroxyl groups excluding tert-OH is 2. The van der Waals surface area contributed by atoms with Crippen LogP contribution >= 0.6 is 0 Å². The van der Waals surface area contributed by atoms with Gasteiger partial charge in [0.1, 0.15) is 12.2 Å². The van der Waals surface area contributed by atoms with Gasteiger partial charge in [-0.15, -0.1) is 0 Å². The Bertz CT molecular complexity index is 521. The zero-order valence-electron chi connectivity index (χ0n) is 9.15. The van der Waals surface area contributed by atoms with Crippen LogP contribution in [0.1, 0.15) is 0 Å². The molecule has 2 heterocycles. The number of nitrogens with zero attached hydrogens (tertiary/aromatic N) is 2. The van der Waals surface area contributed by atoms with E-state index in [9.17, 15) is 24.5 Å². The average Bonchev–Trinajstić information content (AvgIpc) is 2.30. The first-order valence-electron chi connectivity index (χ1n) is 5.07. The quantitative estimate of drug-likeness (QED) is 0.434. The summed E-state index contributed by atoms with van der Waals surface area (Å²) in [7, 11) is 0. The second kappa shape index (κ2) is 4.28. The Labute approximate surface area is 100 Å². The van der Waals surface area contributed by atoms with Crippen LogP contribution in [0.5, 0.6) is 0 Å². The van der Waals surface area contributed by atoms with Crippen LogP contribution in [0.25, 0.3) is 0 Å². The van der Waals surface area contributed by atoms with E-state index >= 15 is 0 Å². The molecule has 2 rings (SSSR count). The summed E-state index contributed by atoms with van der Waals surface area (Å²) in [6.07, 6.45) is -2.51. The summed E-state index contributed by atoms with van der Waals surface area (Å²) in [6, 6.07) is 0. The zero-order chi connectivity index (χ0) is 13.5. The maximum absolute atomic E-state index is 13.3. The summed E-state index contributed by atoms with van der Waals surface area (Å²) in [4.78, 5) is 14.7. The summed E-state index contributed by atoms with van der Waals surface area (Å²) >= 11 is 0. The van der Waals surface area contributed by atoms with Crippen molar-refractivity contribution in [3.8, 4) is 0 Å². The van der Waals surface area contributed by atoms with Crippen molar-refractivity contribution in [3.63, 3.8) is 0 Å². The molecule has 1 fully saturated rings. The number of aliphatic hydroxyl groups is 3. The van der Waals surface area contributed by atoms with Crippen LogP contribution in [0, 0.1) is 5.82 Å². The van der Waals surface area contributed by atoms with E-state index in [-0.39, 0.29) is 6.61 Å². The molecular weight excluding hydrogens is 249 g/mol. The highest BCUT2D eigenvalue weighted by Crippen LogP contribution is 2.24. The first-order valence-corrected chi connectivity index (χ1v) is 5.07. The molecule has 0 unspecified atom stereocenters. The molecule has 0 bridgehead atoms. The van der Waals surface area contributed by atoms with Crippen LogP contribution in [0.2, 0.25) is 0 Å². The van der Waals surface area contributed by atoms with Crippen molar-refractivity contribution in [1.82, 2.24) is 9.55 Å². The van der Waals surface area contributed by atoms with Gasteiger partial charge in [-0.05, 0) is 0 Å². The lowest BCUT2D eigenvalue weighted by Gasteiger charge is -2.39. The third-order valence-electron chi connectivity index (χ3n) is 2.77. The van der Waals surface area contributed by atoms with Gasteiger partial charge >= 0.3 is 5.69 Å². The van der Waals surface area contributed by atoms with Crippen LogP contribution in [0.15, 0.2) is 11.0 Å². The fourth-order valence-corrected chi connectivity index (χ4v) is 1.75. The van der Waals surface area contributed by atoms with Crippen molar-refractivity contribution in [2.45, 2.75) is 17.9 Å². The predicted octanol–water partition coefficient (Wildman–Crippen LogP) is -2.64. The Hall–Kier alpha value is -1.55. The van der Waals surface area contributed by atoms with E-state index < -0.39 is 41.9 Å². The maximum Gasteiger partial charge on any atom is 0.352 e. The highest BCUT2D eigenvalue weighted by Gasteiger charge is 2.46. The maximum atomic E-state index is 13.3. The third-order valence-corrected chi connectivity index (χ3v) is 2.77. The minimum Gasteiger partial charge on any atom is -0.388 e. The number of halogens is 1. The normalized spacial score (nSPS) is 32.4. The Morgan fingerprint density at radius 2 is 2.28 bits per heavy atom. The van der Waals surface area contributed by atoms with Crippen LogP contribution in [-0.4, -0.2) is 50.3 Å². The average molecular weight is 261 g/mol. The van der Waals surface area contributed by atoms with Crippen molar-refractivity contribution in [1.29, 1.82) is 0 Å². The van der Waals surface area contributed by atoms with Crippen molar-refractivity contribution in [2.75, 3.05) is 18.9 Å². The van der Waals surface area contributed by atoms with E-state index in [1.54, 1.807) is 0 Å². The van der Waals surface area contributed by atoms with Gasteiger partial charge in [-0.25, -0.2) is 9.18 Å². The monoisotopic (exact) mass is 261 g/mol. The largest absolute Gasteiger partial charge is 0.388 e. The first kappa shape index (κ1) is 12.9. The summed E-state index contributed by atoms with van der Waals surface area (Å²) < 4.78 is 18.6. The molecular formula is C9H12FN3O5. The van der Waals surface area contributed by atoms with E-state index in [0.29, 0.717) is 10.8 Å². The molecule has 1 saturated heterocycles. The molecule has 3 atom stereocenters. The number of nitrogens with two attached hydrogens (primary N) is 1. The number of hydrogen-bond acceptors (Lipinski definition) is 7. The standard InChI is InChI=1S/C9H12FN3O5/c10-4-1-13(8(16)12-7(4)11)9(17)3-18-2-5(14)6(9)15/h1,5-6,14-15,17H,2-3H2,(H2,11,12,16)/t5-,6+,9+/m1/s1. The van der Waals surface area contributed by atoms with Crippen molar-refractivity contribution < 1.29 is 24.4 Å². The number of nitrogen functional groups attached to an aromatic ring is 1. The van der Waals surface area contributed by atoms with E-state index in [1.807, 2.05) is 0 Å². The SMILES string of the molecule is Nc1nc(=O)n([C@]2(O)COC[C@@H](O)[C@@H]2O)cc1F. The molecule has 18 heavy (non-hydrogen) atoms. The first-order chi connectivity index (χ1) is 8.36. The lowest BCUT2D eigenvalue weighted by Crippen LogP contribution is -2.61. The second-order valence-electron chi connectivity index (χ2n) is 4.03. The molecule has 1 aliphatic heterocycles. The van der Waals surface area contributed by atoms with Crippen LogP contribution in [-0.2, 0) is 10.5 Å². The lowest BCUT2D eigenvalue weighted by atomic mass is 9.99. The summed E-state index contributed by atoms with van der Waals surface area (Å²) in [5.74, 6) is -1.65. The van der Waals surface area contributed by atoms with Gasteiger partial charge < -0.3 is 25.8 Å². The highest BCUT2D eigenvalue weighted by atomic mass is 19.1. The lowest BCUT2D eigenvalue weighted by molar-refractivity contribution is -0.247. The van der Waals surface area contributed by atoms with Gasteiger partial charge in [0.05, 0.1) is 19.4 Å². The van der Waals surface area contributed by atoms with E-state index in [0.717, 1.165) is 0 Å². The third kappa shape index (κ3) is 1.86. The molecule has 0 radical (unpaired) electrons. The van der Waals surface area contributed by atoms with Crippen molar-refractivity contribution in [2.24, 2.45) is 0 Å². The molecule has 0 aromatic carbocycles. The minimum atomic E-state index is -2.30. The summed E-state index contributed by atoms with van der Waals surface area (Å²) in [5.41, 5.74) is 1.74. The fraction of sp³-hybridized carbons (Fsp3) is 0.556. The summed E-state index contributed by atoms with van der Waals surface area (Å²) in [5, 5.41) is 29.3. The van der Waals surface area contributed by atoms with Gasteiger partial charge in [-0.2, -0.15) is 4.98 Å². The van der Waals surface area contributed by atoms with Crippen molar-refractivity contribution >= 4 is 5.82 Å². The van der Waals surface area contributed by atoms with Gasteiger partial charge in [-0.3, -0.25) is 4.57 Å². The van der Waals surface area contributed by atoms with E-state index in [4.69, 9.17) is 10.5 Å². The fourth-order valence-electron chi connectivity index (χ4n) is 1.75. The van der Waals surface area contributed by atoms with Crippen LogP contribution in [0.4, 0.5) is 10.2 Å². The second-order valence-corrected chi connectivity index (χ2v) is 4.03. The Morgan fingerprint density at radius 3 is 2.94 bits per heavy atom. The van der Waals surface area contributed by atoms with Crippen LogP contribution in [0.3, 0.4) is 0 Å². The Balaban J connectivity index is 2.53. The van der Waals surface area contributed by atoms with Gasteiger partial charge in [-0.1, -0.05) is 0 Å². The molecule has 9 heteroatoms. The predicted molar refractivity (Wildman–Crippen MR) is 55.9 cm³/mol. The number of hydrogen-bond donors (Lipinski definition) is 4. The number of anilines is 1.